The number of alkyl halides is 3. The number of ether oxygens (including phenoxy) is 2. The number of hydrogen-bond donors (Lipinski definition) is 0. The first kappa shape index (κ1) is 28.5. The molecule has 41 heavy (non-hydrogen) atoms. The highest BCUT2D eigenvalue weighted by atomic mass is 19.4. The van der Waals surface area contributed by atoms with Gasteiger partial charge in [-0.1, -0.05) is 30.3 Å². The Morgan fingerprint density at radius 3 is 2.41 bits per heavy atom. The van der Waals surface area contributed by atoms with Crippen molar-refractivity contribution in [1.29, 1.82) is 0 Å². The van der Waals surface area contributed by atoms with Gasteiger partial charge in [0.2, 0.25) is 5.91 Å². The van der Waals surface area contributed by atoms with Gasteiger partial charge in [0.25, 0.3) is 0 Å². The van der Waals surface area contributed by atoms with E-state index < -0.39 is 17.7 Å². The predicted molar refractivity (Wildman–Crippen MR) is 151 cm³/mol. The smallest absolute Gasteiger partial charge is 0.416 e. The zero-order valence-electron chi connectivity index (χ0n) is 22.9. The Kier molecular flexibility index (Phi) is 8.47. The maximum Gasteiger partial charge on any atom is 0.416 e. The van der Waals surface area contributed by atoms with Crippen LogP contribution in [0.5, 0.6) is 5.75 Å². The maximum absolute atomic E-state index is 13.8. The van der Waals surface area contributed by atoms with E-state index in [9.17, 15) is 22.8 Å². The Morgan fingerprint density at radius 2 is 1.68 bits per heavy atom. The van der Waals surface area contributed by atoms with E-state index in [-0.39, 0.29) is 19.1 Å². The van der Waals surface area contributed by atoms with Crippen molar-refractivity contribution < 1.29 is 32.2 Å². The number of hydrogen-bond acceptors (Lipinski definition) is 4. The van der Waals surface area contributed by atoms with Crippen molar-refractivity contribution in [3.05, 3.63) is 94.5 Å². The Hall–Kier alpha value is -4.07. The summed E-state index contributed by atoms with van der Waals surface area (Å²) in [5, 5.41) is 0. The van der Waals surface area contributed by atoms with Gasteiger partial charge in [0.1, 0.15) is 12.4 Å². The molecule has 2 aliphatic rings. The molecule has 0 atom stereocenters. The van der Waals surface area contributed by atoms with Crippen LogP contribution in [0.4, 0.5) is 18.9 Å². The number of esters is 1. The van der Waals surface area contributed by atoms with Crippen LogP contribution in [0.2, 0.25) is 0 Å². The van der Waals surface area contributed by atoms with Gasteiger partial charge in [0.05, 0.1) is 17.7 Å². The van der Waals surface area contributed by atoms with Crippen LogP contribution < -0.4 is 9.64 Å². The Labute approximate surface area is 237 Å². The van der Waals surface area contributed by atoms with Crippen LogP contribution >= 0.6 is 0 Å². The minimum Gasteiger partial charge on any atom is -0.488 e. The molecule has 1 saturated heterocycles. The Morgan fingerprint density at radius 1 is 0.902 bits per heavy atom. The number of carbonyl (C=O) groups excluding carboxylic acids is 2. The monoisotopic (exact) mass is 563 g/mol. The molecular weight excluding hydrogens is 531 g/mol. The minimum absolute atomic E-state index is 0.0155. The van der Waals surface area contributed by atoms with E-state index in [1.807, 2.05) is 36.4 Å². The van der Waals surface area contributed by atoms with E-state index >= 15 is 0 Å². The zero-order chi connectivity index (χ0) is 29.0. The fourth-order valence-electron chi connectivity index (χ4n) is 5.52. The van der Waals surface area contributed by atoms with Crippen LogP contribution in [0, 0.1) is 0 Å². The molecule has 0 aromatic heterocycles. The van der Waals surface area contributed by atoms with E-state index in [1.54, 1.807) is 24.0 Å². The number of benzene rings is 3. The largest absolute Gasteiger partial charge is 0.488 e. The molecule has 0 radical (unpaired) electrons. The molecule has 1 amide bonds. The van der Waals surface area contributed by atoms with Gasteiger partial charge in [-0.05, 0) is 97.7 Å². The van der Waals surface area contributed by atoms with Crippen molar-refractivity contribution >= 4 is 28.7 Å². The van der Waals surface area contributed by atoms with Gasteiger partial charge in [-0.2, -0.15) is 13.2 Å². The van der Waals surface area contributed by atoms with Gasteiger partial charge in [0, 0.05) is 24.2 Å². The van der Waals surface area contributed by atoms with Crippen LogP contribution in [0.15, 0.2) is 66.7 Å². The lowest BCUT2D eigenvalue weighted by Gasteiger charge is -2.28. The highest BCUT2D eigenvalue weighted by Crippen LogP contribution is 2.45. The second kappa shape index (κ2) is 12.2. The number of allylic oxidation sites excluding steroid dienone is 2. The van der Waals surface area contributed by atoms with E-state index in [1.165, 1.54) is 6.07 Å². The number of piperidine rings is 1. The second-order valence-corrected chi connectivity index (χ2v) is 10.3. The van der Waals surface area contributed by atoms with Crippen LogP contribution in [0.25, 0.3) is 11.1 Å². The van der Waals surface area contributed by atoms with Crippen molar-refractivity contribution in [2.24, 2.45) is 0 Å². The molecule has 214 valence electrons. The van der Waals surface area contributed by atoms with Gasteiger partial charge in [-0.3, -0.25) is 4.79 Å². The first-order chi connectivity index (χ1) is 19.7. The number of rotatable bonds is 8. The number of carbonyl (C=O) groups is 2. The summed E-state index contributed by atoms with van der Waals surface area (Å²) >= 11 is 0. The van der Waals surface area contributed by atoms with Gasteiger partial charge >= 0.3 is 12.1 Å². The Bertz CT molecular complexity index is 1460. The molecule has 5 nitrogen and oxygen atoms in total. The van der Waals surface area contributed by atoms with Crippen molar-refractivity contribution in [1.82, 2.24) is 0 Å². The number of anilines is 1. The SMILES string of the molecule is CCOC(=O)c1cc(C2=C(c3cc(C(F)(F)F)ccc3OCc3ccccc3)CCC2)cc(N2CCCCC2=O)c1. The summed E-state index contributed by atoms with van der Waals surface area (Å²) in [7, 11) is 0. The molecular formula is C33H32F3NO4. The fourth-order valence-corrected chi connectivity index (χ4v) is 5.52. The molecule has 1 fully saturated rings. The lowest BCUT2D eigenvalue weighted by atomic mass is 9.93. The number of nitrogens with zero attached hydrogens (tertiary/aromatic N) is 1. The van der Waals surface area contributed by atoms with Gasteiger partial charge < -0.3 is 14.4 Å². The van der Waals surface area contributed by atoms with Crippen LogP contribution in [-0.4, -0.2) is 25.0 Å². The van der Waals surface area contributed by atoms with E-state index in [2.05, 4.69) is 0 Å². The van der Waals surface area contributed by atoms with Crippen LogP contribution in [0.3, 0.4) is 0 Å². The molecule has 0 saturated carbocycles. The quantitative estimate of drug-likeness (QED) is 0.260. The van der Waals surface area contributed by atoms with Crippen LogP contribution in [-0.2, 0) is 22.3 Å². The fraction of sp³-hybridized carbons (Fsp3) is 0.333. The van der Waals surface area contributed by atoms with Crippen molar-refractivity contribution in [2.75, 3.05) is 18.1 Å². The third-order valence-electron chi connectivity index (χ3n) is 7.50. The molecule has 1 aliphatic heterocycles. The highest BCUT2D eigenvalue weighted by molar-refractivity contribution is 6.00. The molecule has 0 spiro atoms. The molecule has 3 aromatic rings. The van der Waals surface area contributed by atoms with E-state index in [0.29, 0.717) is 53.9 Å². The minimum atomic E-state index is -4.52. The lowest BCUT2D eigenvalue weighted by Crippen LogP contribution is -2.35. The standard InChI is InChI=1S/C33H32F3NO4/c1-2-40-32(39)24-17-23(18-26(19-24)37-16-7-6-13-31(37)38)27-11-8-12-28(27)29-20-25(33(34,35)36)14-15-30(29)41-21-22-9-4-3-5-10-22/h3-5,9-10,14-15,17-20H,2,6-8,11-13,16,21H2,1H3. The predicted octanol–water partition coefficient (Wildman–Crippen LogP) is 8.07. The normalized spacial score (nSPS) is 15.8. The molecule has 0 bridgehead atoms. The number of amides is 1. The summed E-state index contributed by atoms with van der Waals surface area (Å²) in [6.45, 7) is 2.67. The summed E-state index contributed by atoms with van der Waals surface area (Å²) < 4.78 is 52.8. The summed E-state index contributed by atoms with van der Waals surface area (Å²) in [6.07, 6.45) is -0.512. The zero-order valence-corrected chi connectivity index (χ0v) is 22.9. The molecule has 3 aromatic carbocycles. The van der Waals surface area contributed by atoms with Gasteiger partial charge in [-0.25, -0.2) is 4.79 Å². The summed E-state index contributed by atoms with van der Waals surface area (Å²) in [6, 6.07) is 18.3. The Balaban J connectivity index is 1.62. The van der Waals surface area contributed by atoms with E-state index in [4.69, 9.17) is 9.47 Å². The third kappa shape index (κ3) is 6.47. The molecule has 0 unspecified atom stereocenters. The average molecular weight is 564 g/mol. The molecule has 8 heteroatoms. The van der Waals surface area contributed by atoms with Crippen molar-refractivity contribution in [3.8, 4) is 5.75 Å². The van der Waals surface area contributed by atoms with Crippen molar-refractivity contribution in [3.63, 3.8) is 0 Å². The highest BCUT2D eigenvalue weighted by Gasteiger charge is 2.33. The molecule has 1 heterocycles. The molecule has 5 rings (SSSR count). The summed E-state index contributed by atoms with van der Waals surface area (Å²) in [5.41, 5.74) is 3.72. The third-order valence-corrected chi connectivity index (χ3v) is 7.50. The first-order valence-corrected chi connectivity index (χ1v) is 14.0. The molecule has 0 N–H and O–H groups in total. The number of halogens is 3. The topological polar surface area (TPSA) is 55.8 Å². The maximum atomic E-state index is 13.8. The van der Waals surface area contributed by atoms with E-state index in [0.717, 1.165) is 48.1 Å². The summed E-state index contributed by atoms with van der Waals surface area (Å²) in [4.78, 5) is 27.3. The first-order valence-electron chi connectivity index (χ1n) is 14.0. The van der Waals surface area contributed by atoms with Crippen LogP contribution in [0.1, 0.15) is 78.1 Å². The van der Waals surface area contributed by atoms with Gasteiger partial charge in [0.15, 0.2) is 0 Å². The summed E-state index contributed by atoms with van der Waals surface area (Å²) in [5.74, 6) is -0.159. The van der Waals surface area contributed by atoms with Gasteiger partial charge in [-0.15, -0.1) is 0 Å². The molecule has 1 aliphatic carbocycles. The van der Waals surface area contributed by atoms with Crippen molar-refractivity contribution in [2.45, 2.75) is 58.2 Å². The second-order valence-electron chi connectivity index (χ2n) is 10.3. The lowest BCUT2D eigenvalue weighted by molar-refractivity contribution is -0.137. The average Bonchev–Trinajstić information content (AvgIpc) is 3.46.